The van der Waals surface area contributed by atoms with E-state index in [0.717, 1.165) is 49.4 Å². The van der Waals surface area contributed by atoms with Gasteiger partial charge in [-0.15, -0.1) is 0 Å². The third-order valence-electron chi connectivity index (χ3n) is 5.07. The molecule has 0 spiro atoms. The topological polar surface area (TPSA) is 54.8 Å². The molecule has 0 amide bonds. The molecule has 0 saturated carbocycles. The van der Waals surface area contributed by atoms with Crippen LogP contribution < -0.4 is 9.47 Å². The second-order valence-corrected chi connectivity index (χ2v) is 7.30. The van der Waals surface area contributed by atoms with Crippen molar-refractivity contribution in [3.8, 4) is 11.6 Å². The highest BCUT2D eigenvalue weighted by molar-refractivity contribution is 6.31. The van der Waals surface area contributed by atoms with Gasteiger partial charge in [-0.2, -0.15) is 0 Å². The summed E-state index contributed by atoms with van der Waals surface area (Å²) in [5, 5.41) is 11.3. The summed E-state index contributed by atoms with van der Waals surface area (Å²) in [7, 11) is 1.56. The quantitative estimate of drug-likeness (QED) is 0.771. The summed E-state index contributed by atoms with van der Waals surface area (Å²) in [6.45, 7) is 5.31. The zero-order valence-electron chi connectivity index (χ0n) is 15.9. The zero-order chi connectivity index (χ0) is 19.2. The number of pyridine rings is 1. The van der Waals surface area contributed by atoms with Gasteiger partial charge in [0.1, 0.15) is 10.8 Å². The van der Waals surface area contributed by atoms with Crippen LogP contribution in [0.25, 0.3) is 0 Å². The van der Waals surface area contributed by atoms with E-state index in [0.29, 0.717) is 17.5 Å². The molecule has 146 valence electrons. The number of benzene rings is 1. The van der Waals surface area contributed by atoms with Crippen molar-refractivity contribution < 1.29 is 14.6 Å². The lowest BCUT2D eigenvalue weighted by Crippen LogP contribution is -2.35. The molecule has 0 aliphatic carbocycles. The Bertz CT molecular complexity index is 731. The minimum Gasteiger partial charge on any atom is -0.494 e. The van der Waals surface area contributed by atoms with Crippen molar-refractivity contribution in [1.29, 1.82) is 0 Å². The molecule has 2 aromatic rings. The van der Waals surface area contributed by atoms with Crippen molar-refractivity contribution in [1.82, 2.24) is 9.88 Å². The Morgan fingerprint density at radius 1 is 1.26 bits per heavy atom. The molecule has 1 aliphatic heterocycles. The zero-order valence-corrected chi connectivity index (χ0v) is 16.7. The van der Waals surface area contributed by atoms with Crippen molar-refractivity contribution in [2.45, 2.75) is 32.4 Å². The molecule has 1 saturated heterocycles. The van der Waals surface area contributed by atoms with Crippen LogP contribution >= 0.6 is 11.6 Å². The fourth-order valence-corrected chi connectivity index (χ4v) is 3.85. The van der Waals surface area contributed by atoms with E-state index in [1.807, 2.05) is 43.5 Å². The van der Waals surface area contributed by atoms with E-state index in [2.05, 4.69) is 9.88 Å². The molecule has 5 nitrogen and oxygen atoms in total. The van der Waals surface area contributed by atoms with Gasteiger partial charge in [0.25, 0.3) is 0 Å². The highest BCUT2D eigenvalue weighted by atomic mass is 35.5. The van der Waals surface area contributed by atoms with Crippen molar-refractivity contribution in [2.24, 2.45) is 5.92 Å². The molecule has 1 unspecified atom stereocenters. The number of piperidine rings is 1. The number of ether oxygens (including phenoxy) is 2. The van der Waals surface area contributed by atoms with Crippen LogP contribution in [-0.4, -0.2) is 41.8 Å². The van der Waals surface area contributed by atoms with Gasteiger partial charge in [0, 0.05) is 12.7 Å². The van der Waals surface area contributed by atoms with Crippen LogP contribution in [0.15, 0.2) is 36.5 Å². The first-order chi connectivity index (χ1) is 13.1. The second kappa shape index (κ2) is 9.40. The van der Waals surface area contributed by atoms with Gasteiger partial charge in [-0.1, -0.05) is 23.7 Å². The standard InChI is InChI=1S/C21H27ClN2O3/c1-3-27-18-6-4-16(5-7-18)20(25)17-8-10-24(11-9-17)14-15-12-19(22)21(26-2)23-13-15/h4-7,12-13,17,20,25H,3,8-11,14H2,1-2H3. The summed E-state index contributed by atoms with van der Waals surface area (Å²) in [5.41, 5.74) is 2.04. The molecular weight excluding hydrogens is 364 g/mol. The number of hydrogen-bond acceptors (Lipinski definition) is 5. The number of likely N-dealkylation sites (tertiary alicyclic amines) is 1. The molecule has 27 heavy (non-hydrogen) atoms. The number of aromatic nitrogens is 1. The third kappa shape index (κ3) is 5.12. The van der Waals surface area contributed by atoms with Crippen LogP contribution in [0, 0.1) is 5.92 Å². The maximum absolute atomic E-state index is 10.7. The third-order valence-corrected chi connectivity index (χ3v) is 5.35. The first-order valence-corrected chi connectivity index (χ1v) is 9.80. The molecule has 1 N–H and O–H groups in total. The van der Waals surface area contributed by atoms with Crippen molar-refractivity contribution in [3.05, 3.63) is 52.7 Å². The normalized spacial score (nSPS) is 16.9. The van der Waals surface area contributed by atoms with Crippen LogP contribution in [-0.2, 0) is 6.54 Å². The molecule has 1 aromatic heterocycles. The second-order valence-electron chi connectivity index (χ2n) is 6.90. The van der Waals surface area contributed by atoms with Crippen LogP contribution in [0.5, 0.6) is 11.6 Å². The minimum absolute atomic E-state index is 0.275. The first-order valence-electron chi connectivity index (χ1n) is 9.42. The van der Waals surface area contributed by atoms with E-state index in [1.165, 1.54) is 0 Å². The van der Waals surface area contributed by atoms with Gasteiger partial charge in [-0.3, -0.25) is 4.90 Å². The molecule has 1 atom stereocenters. The molecule has 0 bridgehead atoms. The molecule has 3 rings (SSSR count). The predicted octanol–water partition coefficient (Wildman–Crippen LogP) is 4.09. The highest BCUT2D eigenvalue weighted by Crippen LogP contribution is 2.32. The number of nitrogens with zero attached hydrogens (tertiary/aromatic N) is 2. The largest absolute Gasteiger partial charge is 0.494 e. The Labute approximate surface area is 165 Å². The maximum atomic E-state index is 10.7. The van der Waals surface area contributed by atoms with Crippen LogP contribution in [0.3, 0.4) is 0 Å². The summed E-state index contributed by atoms with van der Waals surface area (Å²) < 4.78 is 10.6. The SMILES string of the molecule is CCOc1ccc(C(O)C2CCN(Cc3cnc(OC)c(Cl)c3)CC2)cc1. The van der Waals surface area contributed by atoms with E-state index in [1.54, 1.807) is 7.11 Å². The fraction of sp³-hybridized carbons (Fsp3) is 0.476. The van der Waals surface area contributed by atoms with E-state index in [4.69, 9.17) is 21.1 Å². The monoisotopic (exact) mass is 390 g/mol. The number of aliphatic hydroxyl groups is 1. The van der Waals surface area contributed by atoms with Gasteiger partial charge in [0.2, 0.25) is 5.88 Å². The lowest BCUT2D eigenvalue weighted by molar-refractivity contribution is 0.0567. The van der Waals surface area contributed by atoms with E-state index in [-0.39, 0.29) is 5.92 Å². The van der Waals surface area contributed by atoms with Gasteiger partial charge in [-0.25, -0.2) is 4.98 Å². The Morgan fingerprint density at radius 2 is 1.96 bits per heavy atom. The van der Waals surface area contributed by atoms with Crippen molar-refractivity contribution in [2.75, 3.05) is 26.8 Å². The summed E-state index contributed by atoms with van der Waals surface area (Å²) in [6, 6.07) is 9.70. The number of halogens is 1. The van der Waals surface area contributed by atoms with Gasteiger partial charge < -0.3 is 14.6 Å². The lowest BCUT2D eigenvalue weighted by Gasteiger charge is -2.34. The summed E-state index contributed by atoms with van der Waals surface area (Å²) in [5.74, 6) is 1.57. The molecule has 1 aliphatic rings. The maximum Gasteiger partial charge on any atom is 0.232 e. The van der Waals surface area contributed by atoms with Gasteiger partial charge in [-0.05, 0) is 68.1 Å². The average Bonchev–Trinajstić information content (AvgIpc) is 2.69. The molecule has 2 heterocycles. The van der Waals surface area contributed by atoms with E-state index in [9.17, 15) is 5.11 Å². The Balaban J connectivity index is 1.52. The van der Waals surface area contributed by atoms with Gasteiger partial charge in [0.05, 0.1) is 19.8 Å². The molecule has 0 radical (unpaired) electrons. The van der Waals surface area contributed by atoms with Crippen molar-refractivity contribution >= 4 is 11.6 Å². The van der Waals surface area contributed by atoms with E-state index >= 15 is 0 Å². The number of rotatable bonds is 7. The molecule has 6 heteroatoms. The number of aliphatic hydroxyl groups excluding tert-OH is 1. The van der Waals surface area contributed by atoms with E-state index < -0.39 is 6.10 Å². The number of methoxy groups -OCH3 is 1. The van der Waals surface area contributed by atoms with Crippen LogP contribution in [0.4, 0.5) is 0 Å². The molecule has 1 aromatic carbocycles. The summed E-state index contributed by atoms with van der Waals surface area (Å²) in [4.78, 5) is 6.61. The summed E-state index contributed by atoms with van der Waals surface area (Å²) >= 11 is 6.16. The predicted molar refractivity (Wildman–Crippen MR) is 106 cm³/mol. The molecular formula is C21H27ClN2O3. The van der Waals surface area contributed by atoms with Crippen molar-refractivity contribution in [3.63, 3.8) is 0 Å². The number of hydrogen-bond donors (Lipinski definition) is 1. The molecule has 1 fully saturated rings. The fourth-order valence-electron chi connectivity index (χ4n) is 3.59. The summed E-state index contributed by atoms with van der Waals surface area (Å²) in [6.07, 6.45) is 3.31. The Kier molecular flexibility index (Phi) is 6.94. The van der Waals surface area contributed by atoms with Crippen LogP contribution in [0.2, 0.25) is 5.02 Å². The van der Waals surface area contributed by atoms with Gasteiger partial charge >= 0.3 is 0 Å². The Morgan fingerprint density at radius 3 is 2.56 bits per heavy atom. The lowest BCUT2D eigenvalue weighted by atomic mass is 9.87. The Hall–Kier alpha value is -1.82. The highest BCUT2D eigenvalue weighted by Gasteiger charge is 2.26. The minimum atomic E-state index is -0.431. The van der Waals surface area contributed by atoms with Crippen LogP contribution in [0.1, 0.15) is 37.0 Å². The smallest absolute Gasteiger partial charge is 0.232 e. The first kappa shape index (κ1) is 19.9. The van der Waals surface area contributed by atoms with Gasteiger partial charge in [0.15, 0.2) is 0 Å². The average molecular weight is 391 g/mol.